The summed E-state index contributed by atoms with van der Waals surface area (Å²) in [6.45, 7) is 11.2. The van der Waals surface area contributed by atoms with Gasteiger partial charge in [-0.2, -0.15) is 0 Å². The van der Waals surface area contributed by atoms with E-state index in [-0.39, 0.29) is 5.41 Å². The van der Waals surface area contributed by atoms with Crippen molar-refractivity contribution in [2.24, 2.45) is 10.4 Å². The van der Waals surface area contributed by atoms with Gasteiger partial charge in [0.25, 0.3) is 0 Å². The van der Waals surface area contributed by atoms with Crippen LogP contribution in [0.2, 0.25) is 0 Å². The molecular weight excluding hydrogens is 134 g/mol. The Morgan fingerprint density at radius 2 is 2.18 bits per heavy atom. The third-order valence-corrected chi connectivity index (χ3v) is 1.83. The highest BCUT2D eigenvalue weighted by atomic mass is 14.8. The van der Waals surface area contributed by atoms with Crippen molar-refractivity contribution < 1.29 is 0 Å². The average molecular weight is 149 g/mol. The highest BCUT2D eigenvalue weighted by Gasteiger charge is 2.21. The van der Waals surface area contributed by atoms with E-state index in [4.69, 9.17) is 0 Å². The fraction of sp³-hybridized carbons (Fsp3) is 0.500. The lowest BCUT2D eigenvalue weighted by Gasteiger charge is -2.20. The van der Waals surface area contributed by atoms with Crippen LogP contribution in [0.3, 0.4) is 0 Å². The van der Waals surface area contributed by atoms with Crippen molar-refractivity contribution in [3.8, 4) is 0 Å². The molecule has 0 saturated heterocycles. The Bertz CT molecular complexity index is 226. The molecule has 1 aliphatic rings. The first-order valence-corrected chi connectivity index (χ1v) is 3.93. The number of rotatable bonds is 1. The minimum absolute atomic E-state index is 0.212. The average Bonchev–Trinajstić information content (AvgIpc) is 2.31. The Hall–Kier alpha value is -0.850. The predicted molar refractivity (Wildman–Crippen MR) is 50.0 cm³/mol. The molecule has 0 aromatic carbocycles. The highest BCUT2D eigenvalue weighted by molar-refractivity contribution is 6.10. The lowest BCUT2D eigenvalue weighted by Crippen LogP contribution is -2.14. The highest BCUT2D eigenvalue weighted by Crippen LogP contribution is 2.28. The maximum Gasteiger partial charge on any atom is 0.0607 e. The van der Waals surface area contributed by atoms with E-state index in [2.05, 4.69) is 38.4 Å². The zero-order valence-corrected chi connectivity index (χ0v) is 7.52. The summed E-state index contributed by atoms with van der Waals surface area (Å²) in [6.07, 6.45) is 4.01. The van der Waals surface area contributed by atoms with Crippen molar-refractivity contribution in [2.45, 2.75) is 20.8 Å². The van der Waals surface area contributed by atoms with Crippen LogP contribution in [0.5, 0.6) is 0 Å². The van der Waals surface area contributed by atoms with Gasteiger partial charge in [0.2, 0.25) is 0 Å². The van der Waals surface area contributed by atoms with E-state index in [1.54, 1.807) is 0 Å². The van der Waals surface area contributed by atoms with Crippen molar-refractivity contribution >= 4 is 5.71 Å². The summed E-state index contributed by atoms with van der Waals surface area (Å²) in [5.74, 6) is 0. The Labute approximate surface area is 68.5 Å². The molecule has 11 heavy (non-hydrogen) atoms. The molecule has 1 heterocycles. The van der Waals surface area contributed by atoms with Gasteiger partial charge in [-0.15, -0.1) is 0 Å². The normalized spacial score (nSPS) is 17.7. The van der Waals surface area contributed by atoms with Gasteiger partial charge in [0.1, 0.15) is 0 Å². The van der Waals surface area contributed by atoms with E-state index in [1.807, 2.05) is 6.08 Å². The summed E-state index contributed by atoms with van der Waals surface area (Å²) in [5, 5.41) is 0. The number of aliphatic imine (C=N–C) groups is 1. The third-order valence-electron chi connectivity index (χ3n) is 1.83. The topological polar surface area (TPSA) is 12.4 Å². The van der Waals surface area contributed by atoms with Gasteiger partial charge in [-0.1, -0.05) is 33.4 Å². The molecule has 0 N–H and O–H groups in total. The third kappa shape index (κ3) is 1.59. The fourth-order valence-corrected chi connectivity index (χ4v) is 1.29. The van der Waals surface area contributed by atoms with Crippen LogP contribution in [-0.4, -0.2) is 12.3 Å². The second-order valence-corrected chi connectivity index (χ2v) is 3.80. The minimum Gasteiger partial charge on any atom is -0.281 e. The zero-order chi connectivity index (χ0) is 8.48. The number of hydrogen-bond acceptors (Lipinski definition) is 1. The van der Waals surface area contributed by atoms with Crippen molar-refractivity contribution in [3.05, 3.63) is 24.3 Å². The molecule has 1 rings (SSSR count). The summed E-state index contributed by atoms with van der Waals surface area (Å²) in [4.78, 5) is 4.31. The van der Waals surface area contributed by atoms with Crippen LogP contribution in [-0.2, 0) is 0 Å². The van der Waals surface area contributed by atoms with Crippen LogP contribution in [0.25, 0.3) is 0 Å². The van der Waals surface area contributed by atoms with Crippen molar-refractivity contribution in [1.29, 1.82) is 0 Å². The first kappa shape index (κ1) is 8.25. The molecule has 0 fully saturated rings. The molecule has 1 nitrogen and oxygen atoms in total. The quantitative estimate of drug-likeness (QED) is 0.543. The summed E-state index contributed by atoms with van der Waals surface area (Å²) in [7, 11) is 0. The molecule has 0 aromatic heterocycles. The summed E-state index contributed by atoms with van der Waals surface area (Å²) in [5.41, 5.74) is 2.61. The Balaban J connectivity index is 2.91. The number of allylic oxidation sites excluding steroid dienone is 2. The van der Waals surface area contributed by atoms with E-state index in [0.717, 1.165) is 12.3 Å². The van der Waals surface area contributed by atoms with Crippen LogP contribution in [0.15, 0.2) is 29.3 Å². The molecule has 1 aliphatic heterocycles. The lowest BCUT2D eigenvalue weighted by molar-refractivity contribution is 0.526. The van der Waals surface area contributed by atoms with Crippen LogP contribution in [0.4, 0.5) is 0 Å². The van der Waals surface area contributed by atoms with Crippen LogP contribution in [0.1, 0.15) is 20.8 Å². The first-order chi connectivity index (χ1) is 5.05. The smallest absolute Gasteiger partial charge is 0.0607 e. The van der Waals surface area contributed by atoms with Crippen molar-refractivity contribution in [2.75, 3.05) is 6.54 Å². The molecule has 0 spiro atoms. The van der Waals surface area contributed by atoms with Gasteiger partial charge in [0.05, 0.1) is 12.3 Å². The van der Waals surface area contributed by atoms with Crippen LogP contribution in [0, 0.1) is 5.41 Å². The number of hydrogen-bond donors (Lipinski definition) is 0. The van der Waals surface area contributed by atoms with Gasteiger partial charge in [-0.25, -0.2) is 0 Å². The molecule has 60 valence electrons. The number of nitrogens with zero attached hydrogens (tertiary/aromatic N) is 1. The van der Waals surface area contributed by atoms with E-state index < -0.39 is 0 Å². The monoisotopic (exact) mass is 149 g/mol. The van der Waals surface area contributed by atoms with E-state index in [1.165, 1.54) is 5.57 Å². The van der Waals surface area contributed by atoms with Gasteiger partial charge in [-0.05, 0) is 17.1 Å². The molecule has 0 radical (unpaired) electrons. The SMILES string of the molecule is C=CC1=NCC=C1C(C)(C)C. The molecule has 0 aliphatic carbocycles. The van der Waals surface area contributed by atoms with E-state index >= 15 is 0 Å². The largest absolute Gasteiger partial charge is 0.281 e. The second-order valence-electron chi connectivity index (χ2n) is 3.80. The van der Waals surface area contributed by atoms with Gasteiger partial charge in [0.15, 0.2) is 0 Å². The fourth-order valence-electron chi connectivity index (χ4n) is 1.29. The predicted octanol–water partition coefficient (Wildman–Crippen LogP) is 2.60. The Kier molecular flexibility index (Phi) is 1.99. The maximum atomic E-state index is 4.31. The minimum atomic E-state index is 0.212. The van der Waals surface area contributed by atoms with Gasteiger partial charge < -0.3 is 0 Å². The van der Waals surface area contributed by atoms with Gasteiger partial charge in [0, 0.05) is 0 Å². The molecular formula is C10H15N. The molecule has 0 amide bonds. The van der Waals surface area contributed by atoms with E-state index in [9.17, 15) is 0 Å². The maximum absolute atomic E-state index is 4.31. The molecule has 0 saturated carbocycles. The Morgan fingerprint density at radius 1 is 1.55 bits per heavy atom. The lowest BCUT2D eigenvalue weighted by atomic mass is 9.84. The molecule has 0 aromatic rings. The van der Waals surface area contributed by atoms with Gasteiger partial charge in [-0.3, -0.25) is 4.99 Å². The summed E-state index contributed by atoms with van der Waals surface area (Å²) in [6, 6.07) is 0. The molecule has 1 heteroatoms. The standard InChI is InChI=1S/C10H15N/c1-5-9-8(6-7-11-9)10(2,3)4/h5-6H,1,7H2,2-4H3. The molecule has 0 unspecified atom stereocenters. The first-order valence-electron chi connectivity index (χ1n) is 3.93. The Morgan fingerprint density at radius 3 is 2.55 bits per heavy atom. The van der Waals surface area contributed by atoms with Gasteiger partial charge >= 0.3 is 0 Å². The van der Waals surface area contributed by atoms with E-state index in [0.29, 0.717) is 0 Å². The summed E-state index contributed by atoms with van der Waals surface area (Å²) >= 11 is 0. The van der Waals surface area contributed by atoms with Crippen LogP contribution >= 0.6 is 0 Å². The van der Waals surface area contributed by atoms with Crippen LogP contribution < -0.4 is 0 Å². The second kappa shape index (κ2) is 2.65. The van der Waals surface area contributed by atoms with Crippen molar-refractivity contribution in [1.82, 2.24) is 0 Å². The zero-order valence-electron chi connectivity index (χ0n) is 7.52. The summed E-state index contributed by atoms with van der Waals surface area (Å²) < 4.78 is 0. The molecule has 0 bridgehead atoms. The van der Waals surface area contributed by atoms with Crippen molar-refractivity contribution in [3.63, 3.8) is 0 Å². The molecule has 0 atom stereocenters.